The normalized spacial score (nSPS) is 11.5. The number of amides is 1. The second-order valence-electron chi connectivity index (χ2n) is 6.09. The predicted octanol–water partition coefficient (Wildman–Crippen LogP) is 2.18. The molecule has 5 nitrogen and oxygen atoms in total. The van der Waals surface area contributed by atoms with Gasteiger partial charge in [0.05, 0.1) is 35.0 Å². The Bertz CT molecular complexity index is 666. The highest BCUT2D eigenvalue weighted by atomic mass is 32.1. The molecule has 0 atom stereocenters. The van der Waals surface area contributed by atoms with Gasteiger partial charge in [0.15, 0.2) is 0 Å². The molecule has 23 heavy (non-hydrogen) atoms. The molecule has 0 fully saturated rings. The summed E-state index contributed by atoms with van der Waals surface area (Å²) in [5.74, 6) is -0.166. The highest BCUT2D eigenvalue weighted by Gasteiger charge is 2.27. The maximum Gasteiger partial charge on any atom is 0.255 e. The largest absolute Gasteiger partial charge is 0.396 e. The van der Waals surface area contributed by atoms with Crippen LogP contribution in [-0.4, -0.2) is 52.8 Å². The molecule has 0 saturated heterocycles. The van der Waals surface area contributed by atoms with Crippen LogP contribution in [0.3, 0.4) is 0 Å². The van der Waals surface area contributed by atoms with Gasteiger partial charge >= 0.3 is 0 Å². The second-order valence-corrected chi connectivity index (χ2v) is 7.04. The van der Waals surface area contributed by atoms with Crippen molar-refractivity contribution in [3.8, 4) is 10.6 Å². The van der Waals surface area contributed by atoms with Gasteiger partial charge in [-0.25, -0.2) is 0 Å². The van der Waals surface area contributed by atoms with E-state index >= 15 is 0 Å². The van der Waals surface area contributed by atoms with Crippen molar-refractivity contribution in [2.45, 2.75) is 13.8 Å². The van der Waals surface area contributed by atoms with Gasteiger partial charge in [0, 0.05) is 19.0 Å². The number of aliphatic hydroxyl groups excluding tert-OH is 2. The maximum atomic E-state index is 12.6. The number of pyridine rings is 1. The summed E-state index contributed by atoms with van der Waals surface area (Å²) in [6.07, 6.45) is 0. The minimum atomic E-state index is -0.720. The van der Waals surface area contributed by atoms with E-state index in [0.29, 0.717) is 11.3 Å². The molecule has 0 unspecified atom stereocenters. The van der Waals surface area contributed by atoms with E-state index in [-0.39, 0.29) is 25.7 Å². The third-order valence-electron chi connectivity index (χ3n) is 3.82. The van der Waals surface area contributed by atoms with Crippen molar-refractivity contribution in [2.75, 3.05) is 26.8 Å². The van der Waals surface area contributed by atoms with Crippen LogP contribution in [0.2, 0.25) is 0 Å². The topological polar surface area (TPSA) is 73.7 Å². The molecule has 2 N–H and O–H groups in total. The first-order valence-electron chi connectivity index (χ1n) is 7.39. The SMILES string of the molecule is Cc1nc(-c2cccs2)ccc1C(=O)N(C)CC(C)(CO)CO. The average molecular weight is 334 g/mol. The Morgan fingerprint density at radius 3 is 2.52 bits per heavy atom. The summed E-state index contributed by atoms with van der Waals surface area (Å²) >= 11 is 1.61. The highest BCUT2D eigenvalue weighted by molar-refractivity contribution is 7.13. The van der Waals surface area contributed by atoms with E-state index in [4.69, 9.17) is 0 Å². The standard InChI is InChI=1S/C17H22N2O3S/c1-12-13(6-7-14(18-12)15-5-4-8-23-15)16(22)19(3)9-17(2,10-20)11-21/h4-8,20-21H,9-11H2,1-3H3. The fourth-order valence-electron chi connectivity index (χ4n) is 2.35. The number of hydrogen-bond acceptors (Lipinski definition) is 5. The van der Waals surface area contributed by atoms with E-state index in [2.05, 4.69) is 4.98 Å². The zero-order valence-electron chi connectivity index (χ0n) is 13.6. The first kappa shape index (κ1) is 17.6. The monoisotopic (exact) mass is 334 g/mol. The minimum Gasteiger partial charge on any atom is -0.396 e. The molecule has 124 valence electrons. The zero-order valence-corrected chi connectivity index (χ0v) is 14.4. The number of aromatic nitrogens is 1. The predicted molar refractivity (Wildman–Crippen MR) is 91.5 cm³/mol. The number of hydrogen-bond donors (Lipinski definition) is 2. The van der Waals surface area contributed by atoms with Crippen LogP contribution in [-0.2, 0) is 0 Å². The highest BCUT2D eigenvalue weighted by Crippen LogP contribution is 2.24. The van der Waals surface area contributed by atoms with Gasteiger partial charge in [0.2, 0.25) is 0 Å². The lowest BCUT2D eigenvalue weighted by Crippen LogP contribution is -2.41. The summed E-state index contributed by atoms with van der Waals surface area (Å²) in [5.41, 5.74) is 1.34. The molecule has 0 aliphatic carbocycles. The van der Waals surface area contributed by atoms with E-state index in [1.807, 2.05) is 30.5 Å². The number of rotatable bonds is 6. The molecule has 2 aromatic heterocycles. The van der Waals surface area contributed by atoms with Crippen molar-refractivity contribution >= 4 is 17.2 Å². The molecule has 0 saturated carbocycles. The van der Waals surface area contributed by atoms with Gasteiger partial charge < -0.3 is 15.1 Å². The molecule has 0 bridgehead atoms. The van der Waals surface area contributed by atoms with Crippen LogP contribution in [0, 0.1) is 12.3 Å². The first-order chi connectivity index (χ1) is 10.9. The first-order valence-corrected chi connectivity index (χ1v) is 8.27. The number of nitrogens with zero attached hydrogens (tertiary/aromatic N) is 2. The Kier molecular flexibility index (Phi) is 5.51. The van der Waals surface area contributed by atoms with E-state index < -0.39 is 5.41 Å². The van der Waals surface area contributed by atoms with Gasteiger partial charge in [-0.1, -0.05) is 13.0 Å². The number of aliphatic hydroxyl groups is 2. The Hall–Kier alpha value is -1.76. The van der Waals surface area contributed by atoms with Crippen LogP contribution in [0.5, 0.6) is 0 Å². The molecule has 0 radical (unpaired) electrons. The number of thiophene rings is 1. The molecule has 6 heteroatoms. The molecular weight excluding hydrogens is 312 g/mol. The zero-order chi connectivity index (χ0) is 17.0. The number of carbonyl (C=O) groups is 1. The van der Waals surface area contributed by atoms with Crippen molar-refractivity contribution in [2.24, 2.45) is 5.41 Å². The lowest BCUT2D eigenvalue weighted by atomic mass is 9.92. The van der Waals surface area contributed by atoms with Gasteiger partial charge in [-0.2, -0.15) is 0 Å². The van der Waals surface area contributed by atoms with Gasteiger partial charge in [0.25, 0.3) is 5.91 Å². The summed E-state index contributed by atoms with van der Waals surface area (Å²) in [5, 5.41) is 20.7. The van der Waals surface area contributed by atoms with Crippen molar-refractivity contribution < 1.29 is 15.0 Å². The molecule has 2 heterocycles. The summed E-state index contributed by atoms with van der Waals surface area (Å²) in [4.78, 5) is 19.7. The molecule has 0 aromatic carbocycles. The van der Waals surface area contributed by atoms with Gasteiger partial charge in [-0.05, 0) is 30.5 Å². The van der Waals surface area contributed by atoms with E-state index in [1.54, 1.807) is 31.4 Å². The number of aryl methyl sites for hydroxylation is 1. The van der Waals surface area contributed by atoms with E-state index in [1.165, 1.54) is 4.90 Å². The van der Waals surface area contributed by atoms with Crippen molar-refractivity contribution in [3.63, 3.8) is 0 Å². The lowest BCUT2D eigenvalue weighted by Gasteiger charge is -2.30. The summed E-state index contributed by atoms with van der Waals surface area (Å²) in [7, 11) is 1.67. The fraction of sp³-hybridized carbons (Fsp3) is 0.412. The van der Waals surface area contributed by atoms with Crippen LogP contribution >= 0.6 is 11.3 Å². The van der Waals surface area contributed by atoms with Crippen LogP contribution in [0.25, 0.3) is 10.6 Å². The molecule has 2 aromatic rings. The third-order valence-corrected chi connectivity index (χ3v) is 4.71. The Morgan fingerprint density at radius 1 is 1.30 bits per heavy atom. The van der Waals surface area contributed by atoms with Crippen LogP contribution in [0.15, 0.2) is 29.6 Å². The van der Waals surface area contributed by atoms with Crippen molar-refractivity contribution in [1.82, 2.24) is 9.88 Å². The Morgan fingerprint density at radius 2 is 2.00 bits per heavy atom. The molecule has 2 rings (SSSR count). The Balaban J connectivity index is 2.19. The molecule has 1 amide bonds. The quantitative estimate of drug-likeness (QED) is 0.849. The van der Waals surface area contributed by atoms with Gasteiger partial charge in [-0.3, -0.25) is 9.78 Å². The van der Waals surface area contributed by atoms with Gasteiger partial charge in [0.1, 0.15) is 0 Å². The average Bonchev–Trinajstić information content (AvgIpc) is 3.08. The fourth-order valence-corrected chi connectivity index (χ4v) is 3.04. The van der Waals surface area contributed by atoms with E-state index in [0.717, 1.165) is 10.6 Å². The minimum absolute atomic E-state index is 0.166. The summed E-state index contributed by atoms with van der Waals surface area (Å²) in [6, 6.07) is 7.59. The molecular formula is C17H22N2O3S. The van der Waals surface area contributed by atoms with Crippen LogP contribution < -0.4 is 0 Å². The van der Waals surface area contributed by atoms with Crippen LogP contribution in [0.4, 0.5) is 0 Å². The molecule has 0 aliphatic rings. The smallest absolute Gasteiger partial charge is 0.255 e. The summed E-state index contributed by atoms with van der Waals surface area (Å²) in [6.45, 7) is 3.45. The van der Waals surface area contributed by atoms with E-state index in [9.17, 15) is 15.0 Å². The Labute approximate surface area is 140 Å². The third kappa shape index (κ3) is 3.96. The van der Waals surface area contributed by atoms with Crippen molar-refractivity contribution in [3.05, 3.63) is 40.9 Å². The lowest BCUT2D eigenvalue weighted by molar-refractivity contribution is 0.0366. The second kappa shape index (κ2) is 7.21. The maximum absolute atomic E-state index is 12.6. The summed E-state index contributed by atoms with van der Waals surface area (Å²) < 4.78 is 0. The molecule has 0 aliphatic heterocycles. The number of carbonyl (C=O) groups excluding carboxylic acids is 1. The van der Waals surface area contributed by atoms with Crippen LogP contribution in [0.1, 0.15) is 23.0 Å². The van der Waals surface area contributed by atoms with Crippen molar-refractivity contribution in [1.29, 1.82) is 0 Å². The molecule has 0 spiro atoms. The van der Waals surface area contributed by atoms with Gasteiger partial charge in [-0.15, -0.1) is 11.3 Å².